The molecule has 0 saturated carbocycles. The molecule has 2 aromatic heterocycles. The standard InChI is InChI=1S/C17H17N5O2/c1-12-7-13(3-4-15(12)24-2)8-16(23)21-14-9-19-17(20-10-14)22-6-5-18-11-22/h3-7,9-11H,8H2,1-2H3,(H,21,23). The molecule has 122 valence electrons. The zero-order valence-electron chi connectivity index (χ0n) is 13.4. The highest BCUT2D eigenvalue weighted by Crippen LogP contribution is 2.19. The molecule has 2 heterocycles. The number of carbonyl (C=O) groups is 1. The normalized spacial score (nSPS) is 10.4. The van der Waals surface area contributed by atoms with Gasteiger partial charge in [-0.1, -0.05) is 12.1 Å². The third-order valence-corrected chi connectivity index (χ3v) is 3.48. The number of nitrogens with zero attached hydrogens (tertiary/aromatic N) is 4. The topological polar surface area (TPSA) is 81.9 Å². The molecule has 3 aromatic rings. The zero-order chi connectivity index (χ0) is 16.9. The summed E-state index contributed by atoms with van der Waals surface area (Å²) in [5, 5.41) is 2.79. The molecule has 1 aromatic carbocycles. The van der Waals surface area contributed by atoms with Crippen molar-refractivity contribution < 1.29 is 9.53 Å². The quantitative estimate of drug-likeness (QED) is 0.778. The van der Waals surface area contributed by atoms with Crippen molar-refractivity contribution in [3.05, 3.63) is 60.4 Å². The fourth-order valence-corrected chi connectivity index (χ4v) is 2.34. The molecule has 1 amide bonds. The molecule has 7 heteroatoms. The molecule has 0 saturated heterocycles. The van der Waals surface area contributed by atoms with Crippen LogP contribution in [0.3, 0.4) is 0 Å². The number of benzene rings is 1. The van der Waals surface area contributed by atoms with Crippen LogP contribution in [0.4, 0.5) is 5.69 Å². The average Bonchev–Trinajstić information content (AvgIpc) is 3.10. The Kier molecular flexibility index (Phi) is 4.51. The Balaban J connectivity index is 1.63. The Morgan fingerprint density at radius 1 is 1.29 bits per heavy atom. The maximum absolute atomic E-state index is 12.1. The van der Waals surface area contributed by atoms with E-state index < -0.39 is 0 Å². The predicted octanol–water partition coefficient (Wildman–Crippen LogP) is 2.16. The van der Waals surface area contributed by atoms with E-state index in [9.17, 15) is 4.79 Å². The van der Waals surface area contributed by atoms with Gasteiger partial charge in [0.15, 0.2) is 0 Å². The molecular weight excluding hydrogens is 306 g/mol. The van der Waals surface area contributed by atoms with Crippen molar-refractivity contribution >= 4 is 11.6 Å². The maximum atomic E-state index is 12.1. The highest BCUT2D eigenvalue weighted by atomic mass is 16.5. The first-order chi connectivity index (χ1) is 11.7. The number of rotatable bonds is 5. The van der Waals surface area contributed by atoms with E-state index in [1.807, 2.05) is 25.1 Å². The third-order valence-electron chi connectivity index (χ3n) is 3.48. The van der Waals surface area contributed by atoms with Gasteiger partial charge in [-0.3, -0.25) is 9.36 Å². The van der Waals surface area contributed by atoms with Crippen LogP contribution in [0.2, 0.25) is 0 Å². The second-order valence-corrected chi connectivity index (χ2v) is 5.27. The molecular formula is C17H17N5O2. The van der Waals surface area contributed by atoms with Crippen molar-refractivity contribution in [1.82, 2.24) is 19.5 Å². The first kappa shape index (κ1) is 15.7. The van der Waals surface area contributed by atoms with Gasteiger partial charge in [-0.15, -0.1) is 0 Å². The summed E-state index contributed by atoms with van der Waals surface area (Å²) in [5.41, 5.74) is 2.46. The van der Waals surface area contributed by atoms with Crippen LogP contribution >= 0.6 is 0 Å². The molecule has 0 bridgehead atoms. The number of aromatic nitrogens is 4. The van der Waals surface area contributed by atoms with E-state index in [4.69, 9.17) is 4.74 Å². The van der Waals surface area contributed by atoms with Crippen LogP contribution in [0.1, 0.15) is 11.1 Å². The zero-order valence-corrected chi connectivity index (χ0v) is 13.4. The minimum Gasteiger partial charge on any atom is -0.496 e. The molecule has 0 spiro atoms. The van der Waals surface area contributed by atoms with Crippen LogP contribution in [0, 0.1) is 6.92 Å². The summed E-state index contributed by atoms with van der Waals surface area (Å²) in [6.45, 7) is 1.95. The molecule has 7 nitrogen and oxygen atoms in total. The Bertz CT molecular complexity index is 829. The highest BCUT2D eigenvalue weighted by molar-refractivity contribution is 5.92. The highest BCUT2D eigenvalue weighted by Gasteiger charge is 2.07. The van der Waals surface area contributed by atoms with Crippen molar-refractivity contribution in [2.24, 2.45) is 0 Å². The Labute approximate surface area is 139 Å². The monoisotopic (exact) mass is 323 g/mol. The first-order valence-electron chi connectivity index (χ1n) is 7.39. The van der Waals surface area contributed by atoms with Crippen LogP contribution in [0.5, 0.6) is 5.75 Å². The number of hydrogen-bond donors (Lipinski definition) is 1. The maximum Gasteiger partial charge on any atom is 0.234 e. The number of methoxy groups -OCH3 is 1. The second kappa shape index (κ2) is 6.91. The molecule has 1 N–H and O–H groups in total. The fraction of sp³-hybridized carbons (Fsp3) is 0.176. The Hall–Kier alpha value is -3.22. The van der Waals surface area contributed by atoms with Gasteiger partial charge in [-0.05, 0) is 24.1 Å². The van der Waals surface area contributed by atoms with E-state index in [0.29, 0.717) is 11.6 Å². The van der Waals surface area contributed by atoms with Crippen LogP contribution in [0.25, 0.3) is 5.95 Å². The van der Waals surface area contributed by atoms with Gasteiger partial charge in [0.25, 0.3) is 0 Å². The smallest absolute Gasteiger partial charge is 0.234 e. The van der Waals surface area contributed by atoms with Crippen LogP contribution < -0.4 is 10.1 Å². The molecule has 0 aliphatic carbocycles. The Morgan fingerprint density at radius 3 is 2.71 bits per heavy atom. The van der Waals surface area contributed by atoms with Gasteiger partial charge in [0.05, 0.1) is 31.6 Å². The summed E-state index contributed by atoms with van der Waals surface area (Å²) in [5.74, 6) is 1.18. The van der Waals surface area contributed by atoms with Crippen LogP contribution in [-0.4, -0.2) is 32.5 Å². The van der Waals surface area contributed by atoms with Gasteiger partial charge in [0, 0.05) is 12.4 Å². The van der Waals surface area contributed by atoms with E-state index in [0.717, 1.165) is 16.9 Å². The summed E-state index contributed by atoms with van der Waals surface area (Å²) in [7, 11) is 1.63. The molecule has 24 heavy (non-hydrogen) atoms. The first-order valence-corrected chi connectivity index (χ1v) is 7.39. The van der Waals surface area contributed by atoms with Crippen LogP contribution in [-0.2, 0) is 11.2 Å². The lowest BCUT2D eigenvalue weighted by Crippen LogP contribution is -2.15. The molecule has 0 radical (unpaired) electrons. The molecule has 0 atom stereocenters. The minimum absolute atomic E-state index is 0.126. The van der Waals surface area contributed by atoms with Crippen molar-refractivity contribution in [1.29, 1.82) is 0 Å². The van der Waals surface area contributed by atoms with Gasteiger partial charge in [-0.25, -0.2) is 15.0 Å². The van der Waals surface area contributed by atoms with Gasteiger partial charge in [-0.2, -0.15) is 0 Å². The second-order valence-electron chi connectivity index (χ2n) is 5.27. The van der Waals surface area contributed by atoms with Gasteiger partial charge >= 0.3 is 0 Å². The number of imidazole rings is 1. The van der Waals surface area contributed by atoms with Gasteiger partial charge in [0.2, 0.25) is 11.9 Å². The van der Waals surface area contributed by atoms with Gasteiger partial charge in [0.1, 0.15) is 12.1 Å². The number of amides is 1. The average molecular weight is 323 g/mol. The number of aryl methyl sites for hydroxylation is 1. The third kappa shape index (κ3) is 3.57. The minimum atomic E-state index is -0.126. The Morgan fingerprint density at radius 2 is 2.08 bits per heavy atom. The number of carbonyl (C=O) groups excluding carboxylic acids is 1. The molecule has 0 aliphatic rings. The lowest BCUT2D eigenvalue weighted by atomic mass is 10.1. The van der Waals surface area contributed by atoms with E-state index in [-0.39, 0.29) is 12.3 Å². The van der Waals surface area contributed by atoms with Crippen molar-refractivity contribution in [2.75, 3.05) is 12.4 Å². The van der Waals surface area contributed by atoms with E-state index in [1.165, 1.54) is 0 Å². The molecule has 0 unspecified atom stereocenters. The summed E-state index contributed by atoms with van der Waals surface area (Å²) < 4.78 is 6.91. The van der Waals surface area contributed by atoms with E-state index >= 15 is 0 Å². The molecule has 0 aliphatic heterocycles. The SMILES string of the molecule is COc1ccc(CC(=O)Nc2cnc(-n3ccnc3)nc2)cc1C. The summed E-state index contributed by atoms with van der Waals surface area (Å²) in [4.78, 5) is 24.5. The summed E-state index contributed by atoms with van der Waals surface area (Å²) in [6, 6.07) is 5.68. The molecule has 0 fully saturated rings. The lowest BCUT2D eigenvalue weighted by Gasteiger charge is -2.08. The number of anilines is 1. The number of nitrogens with one attached hydrogen (secondary N) is 1. The van der Waals surface area contributed by atoms with E-state index in [2.05, 4.69) is 20.3 Å². The van der Waals surface area contributed by atoms with Crippen LogP contribution in [0.15, 0.2) is 49.3 Å². The fourth-order valence-electron chi connectivity index (χ4n) is 2.34. The van der Waals surface area contributed by atoms with E-state index in [1.54, 1.807) is 42.8 Å². The van der Waals surface area contributed by atoms with Gasteiger partial charge < -0.3 is 10.1 Å². The van der Waals surface area contributed by atoms with Crippen molar-refractivity contribution in [2.45, 2.75) is 13.3 Å². The largest absolute Gasteiger partial charge is 0.496 e. The summed E-state index contributed by atoms with van der Waals surface area (Å²) >= 11 is 0. The lowest BCUT2D eigenvalue weighted by molar-refractivity contribution is -0.115. The predicted molar refractivity (Wildman–Crippen MR) is 89.2 cm³/mol. The molecule has 3 rings (SSSR count). The van der Waals surface area contributed by atoms with Crippen molar-refractivity contribution in [3.63, 3.8) is 0 Å². The summed E-state index contributed by atoms with van der Waals surface area (Å²) in [6.07, 6.45) is 8.42. The number of ether oxygens (including phenoxy) is 1. The van der Waals surface area contributed by atoms with Crippen molar-refractivity contribution in [3.8, 4) is 11.7 Å². The number of hydrogen-bond acceptors (Lipinski definition) is 5.